The maximum atomic E-state index is 13.5. The smallest absolute Gasteiger partial charge is 0.257 e. The maximum absolute atomic E-state index is 13.5. The van der Waals surface area contributed by atoms with Gasteiger partial charge >= 0.3 is 0 Å². The molecule has 1 amide bonds. The van der Waals surface area contributed by atoms with Crippen LogP contribution >= 0.6 is 11.8 Å². The highest BCUT2D eigenvalue weighted by Crippen LogP contribution is 2.39. The molecule has 2 aliphatic rings. The predicted molar refractivity (Wildman–Crippen MR) is 123 cm³/mol. The van der Waals surface area contributed by atoms with Gasteiger partial charge in [-0.1, -0.05) is 18.2 Å². The molecule has 1 N–H and O–H groups in total. The maximum Gasteiger partial charge on any atom is 0.257 e. The predicted octanol–water partition coefficient (Wildman–Crippen LogP) is 4.98. The van der Waals surface area contributed by atoms with Crippen molar-refractivity contribution in [2.45, 2.75) is 32.4 Å². The number of amides is 1. The topological polar surface area (TPSA) is 50.8 Å². The molecule has 0 radical (unpaired) electrons. The average molecular weight is 427 g/mol. The lowest BCUT2D eigenvalue weighted by molar-refractivity contribution is 0.0720. The first-order chi connectivity index (χ1) is 14.7. The molecule has 1 aliphatic carbocycles. The third-order valence-electron chi connectivity index (χ3n) is 5.82. The van der Waals surface area contributed by atoms with Crippen molar-refractivity contribution < 1.29 is 14.3 Å². The minimum atomic E-state index is -0.0266. The van der Waals surface area contributed by atoms with Crippen molar-refractivity contribution in [2.24, 2.45) is 5.92 Å². The summed E-state index contributed by atoms with van der Waals surface area (Å²) in [4.78, 5) is 15.5. The van der Waals surface area contributed by atoms with Gasteiger partial charge in [-0.2, -0.15) is 11.8 Å². The van der Waals surface area contributed by atoms with Gasteiger partial charge in [0.25, 0.3) is 5.91 Å². The fourth-order valence-electron chi connectivity index (χ4n) is 4.05. The second-order valence-electron chi connectivity index (χ2n) is 7.91. The molecular formula is C24H30N2O3S. The molecule has 1 unspecified atom stereocenters. The fourth-order valence-corrected chi connectivity index (χ4v) is 4.74. The molecule has 30 heavy (non-hydrogen) atoms. The fraction of sp³-hybridized carbons (Fsp3) is 0.458. The van der Waals surface area contributed by atoms with E-state index in [9.17, 15) is 4.79 Å². The number of carbonyl (C=O) groups is 1. The van der Waals surface area contributed by atoms with Crippen molar-refractivity contribution in [3.8, 4) is 11.5 Å². The zero-order valence-corrected chi connectivity index (χ0v) is 18.8. The Bertz CT molecular complexity index is 913. The third kappa shape index (κ3) is 4.24. The monoisotopic (exact) mass is 426 g/mol. The summed E-state index contributed by atoms with van der Waals surface area (Å²) in [5, 5.41) is 3.52. The molecule has 6 heteroatoms. The zero-order chi connectivity index (χ0) is 21.1. The Kier molecular flexibility index (Phi) is 6.42. The van der Waals surface area contributed by atoms with Crippen LogP contribution in [0.15, 0.2) is 36.4 Å². The average Bonchev–Trinajstić information content (AvgIpc) is 3.53. The largest absolute Gasteiger partial charge is 0.493 e. The number of nitrogens with one attached hydrogen (secondary N) is 1. The van der Waals surface area contributed by atoms with Gasteiger partial charge in [0, 0.05) is 24.5 Å². The molecule has 4 rings (SSSR count). The van der Waals surface area contributed by atoms with Gasteiger partial charge in [-0.3, -0.25) is 4.79 Å². The SMILES string of the molecule is CCOc1cc(C(CSC)N2Cc3cccc(NCC4CC4)c3C2=O)ccc1OC. The molecule has 1 fully saturated rings. The third-order valence-corrected chi connectivity index (χ3v) is 6.47. The summed E-state index contributed by atoms with van der Waals surface area (Å²) in [5.41, 5.74) is 3.98. The number of ether oxygens (including phenoxy) is 2. The normalized spacial score (nSPS) is 16.4. The Hall–Kier alpha value is -2.34. The van der Waals surface area contributed by atoms with Crippen molar-refractivity contribution in [1.29, 1.82) is 0 Å². The highest BCUT2D eigenvalue weighted by atomic mass is 32.2. The first-order valence-corrected chi connectivity index (χ1v) is 12.0. The second-order valence-corrected chi connectivity index (χ2v) is 8.82. The van der Waals surface area contributed by atoms with E-state index in [1.54, 1.807) is 18.9 Å². The first-order valence-electron chi connectivity index (χ1n) is 10.6. The molecule has 1 saturated carbocycles. The minimum Gasteiger partial charge on any atom is -0.493 e. The van der Waals surface area contributed by atoms with Crippen LogP contribution in [0.4, 0.5) is 5.69 Å². The van der Waals surface area contributed by atoms with Crippen LogP contribution in [0.25, 0.3) is 0 Å². The standard InChI is InChI=1S/C24H30N2O3S/c1-4-29-22-12-17(10-11-21(22)28-2)20(15-30-3)26-14-18-6-5-7-19(23(18)24(26)27)25-13-16-8-9-16/h5-7,10-12,16,20,25H,4,8-9,13-15H2,1-3H3. The second kappa shape index (κ2) is 9.21. The van der Waals surface area contributed by atoms with E-state index >= 15 is 0 Å². The Labute approximate surface area is 183 Å². The van der Waals surface area contributed by atoms with E-state index in [1.807, 2.05) is 36.1 Å². The number of carbonyl (C=O) groups excluding carboxylic acids is 1. The van der Waals surface area contributed by atoms with Gasteiger partial charge in [0.15, 0.2) is 11.5 Å². The number of rotatable bonds is 10. The Balaban J connectivity index is 1.62. The zero-order valence-electron chi connectivity index (χ0n) is 17.9. The van der Waals surface area contributed by atoms with Crippen LogP contribution in [0.2, 0.25) is 0 Å². The van der Waals surface area contributed by atoms with Crippen LogP contribution in [0.3, 0.4) is 0 Å². The number of methoxy groups -OCH3 is 1. The molecule has 5 nitrogen and oxygen atoms in total. The van der Waals surface area contributed by atoms with E-state index in [2.05, 4.69) is 23.7 Å². The van der Waals surface area contributed by atoms with Crippen molar-refractivity contribution in [3.05, 3.63) is 53.1 Å². The number of anilines is 1. The summed E-state index contributed by atoms with van der Waals surface area (Å²) in [6.07, 6.45) is 4.66. The van der Waals surface area contributed by atoms with Gasteiger partial charge in [0.05, 0.1) is 25.3 Å². The molecule has 2 aromatic rings. The van der Waals surface area contributed by atoms with Crippen LogP contribution in [0.1, 0.15) is 47.3 Å². The lowest BCUT2D eigenvalue weighted by Crippen LogP contribution is -2.31. The van der Waals surface area contributed by atoms with E-state index < -0.39 is 0 Å². The molecule has 0 saturated heterocycles. The number of nitrogens with zero attached hydrogens (tertiary/aromatic N) is 1. The molecular weight excluding hydrogens is 396 g/mol. The van der Waals surface area contributed by atoms with Gasteiger partial charge in [-0.25, -0.2) is 0 Å². The summed E-state index contributed by atoms with van der Waals surface area (Å²) in [5.74, 6) is 3.12. The molecule has 2 aromatic carbocycles. The summed E-state index contributed by atoms with van der Waals surface area (Å²) < 4.78 is 11.2. The van der Waals surface area contributed by atoms with E-state index in [-0.39, 0.29) is 11.9 Å². The summed E-state index contributed by atoms with van der Waals surface area (Å²) in [6.45, 7) is 4.11. The number of thioether (sulfide) groups is 1. The van der Waals surface area contributed by atoms with E-state index in [0.717, 1.165) is 46.3 Å². The van der Waals surface area contributed by atoms with Crippen molar-refractivity contribution in [3.63, 3.8) is 0 Å². The van der Waals surface area contributed by atoms with E-state index in [0.29, 0.717) is 18.9 Å². The number of fused-ring (bicyclic) bond motifs is 1. The van der Waals surface area contributed by atoms with Crippen LogP contribution in [-0.4, -0.2) is 43.1 Å². The van der Waals surface area contributed by atoms with Crippen molar-refractivity contribution in [1.82, 2.24) is 4.90 Å². The van der Waals surface area contributed by atoms with Gasteiger partial charge in [0.1, 0.15) is 0 Å². The summed E-state index contributed by atoms with van der Waals surface area (Å²) in [7, 11) is 1.65. The van der Waals surface area contributed by atoms with Crippen LogP contribution < -0.4 is 14.8 Å². The Morgan fingerprint density at radius 3 is 2.77 bits per heavy atom. The minimum absolute atomic E-state index is 0.0266. The number of benzene rings is 2. The molecule has 1 atom stereocenters. The Morgan fingerprint density at radius 1 is 1.23 bits per heavy atom. The lowest BCUT2D eigenvalue weighted by atomic mass is 10.1. The quantitative estimate of drug-likeness (QED) is 0.581. The number of hydrogen-bond donors (Lipinski definition) is 1. The molecule has 0 spiro atoms. The molecule has 0 bridgehead atoms. The van der Waals surface area contributed by atoms with Crippen LogP contribution in [-0.2, 0) is 6.54 Å². The highest BCUT2D eigenvalue weighted by molar-refractivity contribution is 7.98. The lowest BCUT2D eigenvalue weighted by Gasteiger charge is -2.28. The van der Waals surface area contributed by atoms with Gasteiger partial charge < -0.3 is 19.7 Å². The molecule has 160 valence electrons. The van der Waals surface area contributed by atoms with Gasteiger partial charge in [-0.05, 0) is 61.3 Å². The van der Waals surface area contributed by atoms with Crippen LogP contribution in [0.5, 0.6) is 11.5 Å². The number of hydrogen-bond acceptors (Lipinski definition) is 5. The summed E-state index contributed by atoms with van der Waals surface area (Å²) in [6, 6.07) is 12.1. The Morgan fingerprint density at radius 2 is 2.07 bits per heavy atom. The first kappa shape index (κ1) is 20.9. The molecule has 1 aliphatic heterocycles. The van der Waals surface area contributed by atoms with Gasteiger partial charge in [0.2, 0.25) is 0 Å². The molecule has 1 heterocycles. The van der Waals surface area contributed by atoms with E-state index in [4.69, 9.17) is 9.47 Å². The van der Waals surface area contributed by atoms with E-state index in [1.165, 1.54) is 12.8 Å². The molecule has 0 aromatic heterocycles. The van der Waals surface area contributed by atoms with Crippen molar-refractivity contribution >= 4 is 23.4 Å². The van der Waals surface area contributed by atoms with Crippen LogP contribution in [0, 0.1) is 5.92 Å². The summed E-state index contributed by atoms with van der Waals surface area (Å²) >= 11 is 1.75. The van der Waals surface area contributed by atoms with Gasteiger partial charge in [-0.15, -0.1) is 0 Å². The highest BCUT2D eigenvalue weighted by Gasteiger charge is 2.35. The van der Waals surface area contributed by atoms with Crippen molar-refractivity contribution in [2.75, 3.05) is 37.6 Å².